The van der Waals surface area contributed by atoms with Crippen LogP contribution in [0.2, 0.25) is 0 Å². The van der Waals surface area contributed by atoms with Gasteiger partial charge in [0.25, 0.3) is 0 Å². The Kier molecular flexibility index (Phi) is 3.80. The van der Waals surface area contributed by atoms with E-state index in [1.807, 2.05) is 0 Å². The number of methoxy groups -OCH3 is 1. The molecule has 1 aromatic rings. The smallest absolute Gasteiger partial charge is 0.407 e. The van der Waals surface area contributed by atoms with Gasteiger partial charge in [0.15, 0.2) is 0 Å². The molecule has 2 nitrogen and oxygen atoms in total. The number of alkyl halides is 3. The number of aryl methyl sites for hydroxylation is 1. The lowest BCUT2D eigenvalue weighted by molar-refractivity contribution is -0.156. The van der Waals surface area contributed by atoms with E-state index in [9.17, 15) is 13.2 Å². The fourth-order valence-corrected chi connectivity index (χ4v) is 1.59. The van der Waals surface area contributed by atoms with E-state index in [1.165, 1.54) is 26.3 Å². The van der Waals surface area contributed by atoms with E-state index in [2.05, 4.69) is 5.32 Å². The Hall–Kier alpha value is -1.23. The molecule has 0 heterocycles. The molecular weight excluding hydrogens is 219 g/mol. The number of rotatable bonds is 3. The first kappa shape index (κ1) is 12.8. The van der Waals surface area contributed by atoms with Gasteiger partial charge in [-0.1, -0.05) is 6.07 Å². The molecule has 1 aromatic carbocycles. The normalized spacial score (nSPS) is 13.6. The summed E-state index contributed by atoms with van der Waals surface area (Å²) >= 11 is 0. The molecule has 16 heavy (non-hydrogen) atoms. The first-order valence-corrected chi connectivity index (χ1v) is 4.78. The van der Waals surface area contributed by atoms with Crippen molar-refractivity contribution in [3.05, 3.63) is 29.3 Å². The summed E-state index contributed by atoms with van der Waals surface area (Å²) in [6.07, 6.45) is -4.30. The third kappa shape index (κ3) is 2.66. The van der Waals surface area contributed by atoms with Gasteiger partial charge in [-0.2, -0.15) is 13.2 Å². The highest BCUT2D eigenvalue weighted by Crippen LogP contribution is 2.34. The molecular formula is C11H14F3NO. The molecule has 0 bridgehead atoms. The predicted molar refractivity (Wildman–Crippen MR) is 55.6 cm³/mol. The van der Waals surface area contributed by atoms with Gasteiger partial charge in [-0.3, -0.25) is 0 Å². The molecule has 5 heteroatoms. The number of halogens is 3. The van der Waals surface area contributed by atoms with Gasteiger partial charge in [0.1, 0.15) is 11.8 Å². The van der Waals surface area contributed by atoms with Crippen LogP contribution in [0.3, 0.4) is 0 Å². The lowest BCUT2D eigenvalue weighted by Crippen LogP contribution is -2.32. The van der Waals surface area contributed by atoms with Crippen molar-refractivity contribution >= 4 is 0 Å². The molecule has 0 saturated heterocycles. The van der Waals surface area contributed by atoms with Gasteiger partial charge >= 0.3 is 6.18 Å². The van der Waals surface area contributed by atoms with Gasteiger partial charge < -0.3 is 10.1 Å². The van der Waals surface area contributed by atoms with Crippen molar-refractivity contribution in [2.75, 3.05) is 14.2 Å². The molecule has 1 atom stereocenters. The lowest BCUT2D eigenvalue weighted by atomic mass is 10.0. The van der Waals surface area contributed by atoms with Crippen molar-refractivity contribution in [3.8, 4) is 5.75 Å². The summed E-state index contributed by atoms with van der Waals surface area (Å²) in [5.41, 5.74) is 0.770. The highest BCUT2D eigenvalue weighted by Gasteiger charge is 2.40. The van der Waals surface area contributed by atoms with E-state index in [0.717, 1.165) is 0 Å². The summed E-state index contributed by atoms with van der Waals surface area (Å²) < 4.78 is 43.0. The van der Waals surface area contributed by atoms with Crippen LogP contribution in [0.25, 0.3) is 0 Å². The lowest BCUT2D eigenvalue weighted by Gasteiger charge is -2.22. The Morgan fingerprint density at radius 2 is 1.94 bits per heavy atom. The maximum atomic E-state index is 12.7. The molecule has 1 rings (SSSR count). The van der Waals surface area contributed by atoms with Crippen molar-refractivity contribution in [1.29, 1.82) is 0 Å². The number of nitrogens with one attached hydrogen (secondary N) is 1. The second-order valence-corrected chi connectivity index (χ2v) is 3.49. The van der Waals surface area contributed by atoms with Gasteiger partial charge in [0.05, 0.1) is 7.11 Å². The molecule has 0 amide bonds. The summed E-state index contributed by atoms with van der Waals surface area (Å²) in [4.78, 5) is 0. The van der Waals surface area contributed by atoms with Crippen molar-refractivity contribution in [3.63, 3.8) is 0 Å². The fraction of sp³-hybridized carbons (Fsp3) is 0.455. The van der Waals surface area contributed by atoms with Crippen LogP contribution in [-0.4, -0.2) is 20.3 Å². The first-order valence-electron chi connectivity index (χ1n) is 4.78. The Bertz CT molecular complexity index is 363. The molecule has 1 unspecified atom stereocenters. The summed E-state index contributed by atoms with van der Waals surface area (Å²) in [7, 11) is 2.77. The molecule has 0 aliphatic carbocycles. The molecule has 90 valence electrons. The van der Waals surface area contributed by atoms with Crippen LogP contribution in [0.15, 0.2) is 18.2 Å². The summed E-state index contributed by atoms with van der Waals surface area (Å²) in [5.74, 6) is 0.554. The second kappa shape index (κ2) is 4.74. The Labute approximate surface area is 92.4 Å². The van der Waals surface area contributed by atoms with Gasteiger partial charge in [0.2, 0.25) is 0 Å². The van der Waals surface area contributed by atoms with Gasteiger partial charge in [-0.05, 0) is 37.2 Å². The van der Waals surface area contributed by atoms with Crippen LogP contribution in [-0.2, 0) is 0 Å². The number of benzene rings is 1. The minimum absolute atomic E-state index is 0.218. The SMILES string of the molecule is CNC(c1ccc(OC)cc1C)C(F)(F)F. The van der Waals surface area contributed by atoms with Crippen LogP contribution in [0.1, 0.15) is 17.2 Å². The molecule has 0 fully saturated rings. The minimum Gasteiger partial charge on any atom is -0.497 e. The molecule has 0 aliphatic rings. The number of hydrogen-bond donors (Lipinski definition) is 1. The maximum Gasteiger partial charge on any atom is 0.407 e. The molecule has 0 saturated carbocycles. The third-order valence-electron chi connectivity index (χ3n) is 2.40. The zero-order valence-corrected chi connectivity index (χ0v) is 9.35. The molecule has 0 radical (unpaired) electrons. The second-order valence-electron chi connectivity index (χ2n) is 3.49. The standard InChI is InChI=1S/C11H14F3NO/c1-7-6-8(16-3)4-5-9(7)10(15-2)11(12,13)14/h4-6,10,15H,1-3H3. The zero-order chi connectivity index (χ0) is 12.3. The average molecular weight is 233 g/mol. The number of ether oxygens (including phenoxy) is 1. The van der Waals surface area contributed by atoms with E-state index < -0.39 is 12.2 Å². The molecule has 0 aromatic heterocycles. The Morgan fingerprint density at radius 1 is 1.31 bits per heavy atom. The molecule has 0 aliphatic heterocycles. The average Bonchev–Trinajstić information content (AvgIpc) is 2.19. The predicted octanol–water partition coefficient (Wildman–Crippen LogP) is 2.83. The van der Waals surface area contributed by atoms with Crippen molar-refractivity contribution in [2.24, 2.45) is 0 Å². The minimum atomic E-state index is -4.30. The van der Waals surface area contributed by atoms with E-state index in [1.54, 1.807) is 13.0 Å². The van der Waals surface area contributed by atoms with E-state index in [0.29, 0.717) is 11.3 Å². The van der Waals surface area contributed by atoms with Crippen molar-refractivity contribution < 1.29 is 17.9 Å². The van der Waals surface area contributed by atoms with Gasteiger partial charge in [-0.25, -0.2) is 0 Å². The summed E-state index contributed by atoms with van der Waals surface area (Å²) in [5, 5.41) is 2.27. The van der Waals surface area contributed by atoms with Crippen molar-refractivity contribution in [1.82, 2.24) is 5.32 Å². The van der Waals surface area contributed by atoms with Gasteiger partial charge in [0, 0.05) is 0 Å². The van der Waals surface area contributed by atoms with E-state index in [-0.39, 0.29) is 5.56 Å². The fourth-order valence-electron chi connectivity index (χ4n) is 1.59. The summed E-state index contributed by atoms with van der Waals surface area (Å²) in [6.45, 7) is 1.63. The van der Waals surface area contributed by atoms with E-state index in [4.69, 9.17) is 4.74 Å². The topological polar surface area (TPSA) is 21.3 Å². The first-order chi connectivity index (χ1) is 7.40. The quantitative estimate of drug-likeness (QED) is 0.866. The highest BCUT2D eigenvalue weighted by molar-refractivity contribution is 5.37. The van der Waals surface area contributed by atoms with E-state index >= 15 is 0 Å². The summed E-state index contributed by atoms with van der Waals surface area (Å²) in [6, 6.07) is 2.91. The van der Waals surface area contributed by atoms with Crippen LogP contribution in [0.5, 0.6) is 5.75 Å². The third-order valence-corrected chi connectivity index (χ3v) is 2.40. The Morgan fingerprint density at radius 3 is 2.31 bits per heavy atom. The number of hydrogen-bond acceptors (Lipinski definition) is 2. The van der Waals surface area contributed by atoms with Crippen LogP contribution < -0.4 is 10.1 Å². The van der Waals surface area contributed by atoms with Gasteiger partial charge in [-0.15, -0.1) is 0 Å². The van der Waals surface area contributed by atoms with Crippen LogP contribution >= 0.6 is 0 Å². The van der Waals surface area contributed by atoms with Crippen LogP contribution in [0, 0.1) is 6.92 Å². The monoisotopic (exact) mass is 233 g/mol. The maximum absolute atomic E-state index is 12.7. The molecule has 0 spiro atoms. The molecule has 1 N–H and O–H groups in total. The van der Waals surface area contributed by atoms with Crippen molar-refractivity contribution in [2.45, 2.75) is 19.1 Å². The van der Waals surface area contributed by atoms with Crippen LogP contribution in [0.4, 0.5) is 13.2 Å². The Balaban J connectivity index is 3.12. The highest BCUT2D eigenvalue weighted by atomic mass is 19.4. The largest absolute Gasteiger partial charge is 0.497 e. The zero-order valence-electron chi connectivity index (χ0n) is 9.35.